The fourth-order valence-corrected chi connectivity index (χ4v) is 2.65. The van der Waals surface area contributed by atoms with Crippen LogP contribution in [0.4, 0.5) is 5.69 Å². The zero-order valence-electron chi connectivity index (χ0n) is 11.3. The fourth-order valence-electron chi connectivity index (χ4n) is 2.65. The van der Waals surface area contributed by atoms with Crippen LogP contribution in [0.15, 0.2) is 48.5 Å². The van der Waals surface area contributed by atoms with Crippen LogP contribution in [0.25, 0.3) is 0 Å². The van der Waals surface area contributed by atoms with Gasteiger partial charge in [-0.25, -0.2) is 0 Å². The predicted molar refractivity (Wildman–Crippen MR) is 79.5 cm³/mol. The second-order valence-electron chi connectivity index (χ2n) is 4.98. The van der Waals surface area contributed by atoms with Gasteiger partial charge in [0.1, 0.15) is 6.04 Å². The highest BCUT2D eigenvalue weighted by Crippen LogP contribution is 2.35. The minimum Gasteiger partial charge on any atom is -0.366 e. The van der Waals surface area contributed by atoms with E-state index in [1.807, 2.05) is 30.3 Å². The summed E-state index contributed by atoms with van der Waals surface area (Å²) >= 11 is 0. The van der Waals surface area contributed by atoms with Gasteiger partial charge in [0, 0.05) is 16.8 Å². The maximum atomic E-state index is 12.3. The molecule has 0 aromatic heterocycles. The van der Waals surface area contributed by atoms with Crippen molar-refractivity contribution in [3.8, 4) is 0 Å². The third kappa shape index (κ3) is 2.17. The molecule has 2 amide bonds. The number of hydrogen-bond donors (Lipinski definition) is 2. The van der Waals surface area contributed by atoms with E-state index in [9.17, 15) is 9.59 Å². The van der Waals surface area contributed by atoms with Gasteiger partial charge in [0.2, 0.25) is 11.8 Å². The molecule has 0 fully saturated rings. The molecule has 1 heterocycles. The van der Waals surface area contributed by atoms with Crippen LogP contribution >= 0.6 is 0 Å². The van der Waals surface area contributed by atoms with Gasteiger partial charge in [-0.15, -0.1) is 0 Å². The van der Waals surface area contributed by atoms with E-state index in [1.165, 1.54) is 0 Å². The molecule has 4 N–H and O–H groups in total. The molecule has 0 bridgehead atoms. The number of nitrogens with zero attached hydrogens (tertiary/aromatic N) is 1. The molecular weight excluding hydrogens is 266 g/mol. The zero-order valence-corrected chi connectivity index (χ0v) is 11.3. The number of rotatable bonds is 3. The molecule has 1 unspecified atom stereocenters. The molecule has 1 aliphatic rings. The Bertz CT molecular complexity index is 727. The predicted octanol–water partition coefficient (Wildman–Crippen LogP) is 1.33. The van der Waals surface area contributed by atoms with E-state index in [0.29, 0.717) is 11.1 Å². The molecular formula is C16H15N3O2. The van der Waals surface area contributed by atoms with E-state index < -0.39 is 11.9 Å². The monoisotopic (exact) mass is 281 g/mol. The number of carbonyl (C=O) groups excluding carboxylic acids is 2. The standard InChI is InChI=1S/C16H15N3O2/c17-14-12-7-3-4-8-13(12)19(16(14)21)9-10-5-1-2-6-11(10)15(18)20/h1-8,14H,9,17H2,(H2,18,20). The lowest BCUT2D eigenvalue weighted by Gasteiger charge is -2.19. The maximum absolute atomic E-state index is 12.3. The van der Waals surface area contributed by atoms with Gasteiger partial charge < -0.3 is 16.4 Å². The van der Waals surface area contributed by atoms with Crippen molar-refractivity contribution in [2.24, 2.45) is 11.5 Å². The number of anilines is 1. The Kier molecular flexibility index (Phi) is 3.19. The summed E-state index contributed by atoms with van der Waals surface area (Å²) < 4.78 is 0. The molecule has 2 aromatic carbocycles. The first kappa shape index (κ1) is 13.3. The molecule has 5 nitrogen and oxygen atoms in total. The van der Waals surface area contributed by atoms with Crippen LogP contribution in [-0.2, 0) is 11.3 Å². The normalized spacial score (nSPS) is 16.9. The van der Waals surface area contributed by atoms with E-state index in [0.717, 1.165) is 11.3 Å². The lowest BCUT2D eigenvalue weighted by molar-refractivity contribution is -0.119. The summed E-state index contributed by atoms with van der Waals surface area (Å²) in [7, 11) is 0. The lowest BCUT2D eigenvalue weighted by atomic mass is 10.1. The van der Waals surface area contributed by atoms with Crippen molar-refractivity contribution in [1.29, 1.82) is 0 Å². The first-order valence-electron chi connectivity index (χ1n) is 6.63. The molecule has 2 aromatic rings. The minimum atomic E-state index is -0.651. The third-order valence-corrected chi connectivity index (χ3v) is 3.71. The van der Waals surface area contributed by atoms with Gasteiger partial charge in [-0.3, -0.25) is 9.59 Å². The van der Waals surface area contributed by atoms with Gasteiger partial charge >= 0.3 is 0 Å². The van der Waals surface area contributed by atoms with Crippen molar-refractivity contribution in [1.82, 2.24) is 0 Å². The van der Waals surface area contributed by atoms with Crippen LogP contribution in [0, 0.1) is 0 Å². The quantitative estimate of drug-likeness (QED) is 0.889. The Labute approximate surface area is 122 Å². The Morgan fingerprint density at radius 2 is 1.76 bits per heavy atom. The largest absolute Gasteiger partial charge is 0.366 e. The number of benzene rings is 2. The molecule has 0 saturated heterocycles. The second kappa shape index (κ2) is 5.03. The van der Waals surface area contributed by atoms with Crippen molar-refractivity contribution in [3.05, 3.63) is 65.2 Å². The van der Waals surface area contributed by atoms with Crippen molar-refractivity contribution in [2.75, 3.05) is 4.90 Å². The summed E-state index contributed by atoms with van der Waals surface area (Å²) in [5.74, 6) is -0.676. The third-order valence-electron chi connectivity index (χ3n) is 3.71. The van der Waals surface area contributed by atoms with Crippen LogP contribution in [0.5, 0.6) is 0 Å². The van der Waals surface area contributed by atoms with Gasteiger partial charge in [0.05, 0.1) is 6.54 Å². The first-order valence-corrected chi connectivity index (χ1v) is 6.63. The van der Waals surface area contributed by atoms with Crippen molar-refractivity contribution in [2.45, 2.75) is 12.6 Å². The maximum Gasteiger partial charge on any atom is 0.249 e. The van der Waals surface area contributed by atoms with E-state index in [4.69, 9.17) is 11.5 Å². The van der Waals surface area contributed by atoms with Gasteiger partial charge in [0.25, 0.3) is 0 Å². The first-order chi connectivity index (χ1) is 10.1. The Morgan fingerprint density at radius 1 is 1.10 bits per heavy atom. The van der Waals surface area contributed by atoms with E-state index >= 15 is 0 Å². The zero-order chi connectivity index (χ0) is 15.0. The smallest absolute Gasteiger partial charge is 0.249 e. The second-order valence-corrected chi connectivity index (χ2v) is 4.98. The summed E-state index contributed by atoms with van der Waals surface area (Å²) in [5, 5.41) is 0. The lowest BCUT2D eigenvalue weighted by Crippen LogP contribution is -2.32. The van der Waals surface area contributed by atoms with Crippen molar-refractivity contribution >= 4 is 17.5 Å². The molecule has 5 heteroatoms. The molecule has 21 heavy (non-hydrogen) atoms. The van der Waals surface area contributed by atoms with Gasteiger partial charge in [-0.1, -0.05) is 36.4 Å². The average Bonchev–Trinajstić information content (AvgIpc) is 2.73. The van der Waals surface area contributed by atoms with Crippen LogP contribution in [0.1, 0.15) is 27.5 Å². The summed E-state index contributed by atoms with van der Waals surface area (Å²) in [6.07, 6.45) is 0. The number of amides is 2. The highest BCUT2D eigenvalue weighted by molar-refractivity contribution is 6.04. The Morgan fingerprint density at radius 3 is 2.52 bits per heavy atom. The van der Waals surface area contributed by atoms with Gasteiger partial charge in [0.15, 0.2) is 0 Å². The van der Waals surface area contributed by atoms with Crippen LogP contribution < -0.4 is 16.4 Å². The number of primary amides is 1. The number of fused-ring (bicyclic) bond motifs is 1. The molecule has 0 aliphatic carbocycles. The van der Waals surface area contributed by atoms with E-state index in [1.54, 1.807) is 23.1 Å². The van der Waals surface area contributed by atoms with Crippen LogP contribution in [-0.4, -0.2) is 11.8 Å². The summed E-state index contributed by atoms with van der Waals surface area (Å²) in [6, 6.07) is 13.8. The SMILES string of the molecule is NC(=O)c1ccccc1CN1C(=O)C(N)c2ccccc21. The number of carbonyl (C=O) groups is 2. The molecule has 1 atom stereocenters. The highest BCUT2D eigenvalue weighted by Gasteiger charge is 2.34. The van der Waals surface area contributed by atoms with Gasteiger partial charge in [-0.2, -0.15) is 0 Å². The molecule has 0 saturated carbocycles. The summed E-state index contributed by atoms with van der Waals surface area (Å²) in [6.45, 7) is 0.280. The van der Waals surface area contributed by atoms with Gasteiger partial charge in [-0.05, 0) is 17.7 Å². The number of nitrogens with two attached hydrogens (primary N) is 2. The Hall–Kier alpha value is -2.66. The van der Waals surface area contributed by atoms with E-state index in [2.05, 4.69) is 0 Å². The minimum absolute atomic E-state index is 0.171. The van der Waals surface area contributed by atoms with Crippen molar-refractivity contribution in [3.63, 3.8) is 0 Å². The fraction of sp³-hybridized carbons (Fsp3) is 0.125. The number of hydrogen-bond acceptors (Lipinski definition) is 3. The Balaban J connectivity index is 2.00. The molecule has 0 spiro atoms. The summed E-state index contributed by atoms with van der Waals surface area (Å²) in [4.78, 5) is 25.4. The molecule has 1 aliphatic heterocycles. The molecule has 0 radical (unpaired) electrons. The average molecular weight is 281 g/mol. The van der Waals surface area contributed by atoms with Crippen LogP contribution in [0.2, 0.25) is 0 Å². The van der Waals surface area contributed by atoms with Crippen molar-refractivity contribution < 1.29 is 9.59 Å². The molecule has 106 valence electrons. The van der Waals surface area contributed by atoms with Crippen LogP contribution in [0.3, 0.4) is 0 Å². The topological polar surface area (TPSA) is 89.4 Å². The van der Waals surface area contributed by atoms with E-state index in [-0.39, 0.29) is 12.5 Å². The number of para-hydroxylation sites is 1. The summed E-state index contributed by atoms with van der Waals surface area (Å²) in [5.41, 5.74) is 14.0. The highest BCUT2D eigenvalue weighted by atomic mass is 16.2. The molecule has 3 rings (SSSR count).